The van der Waals surface area contributed by atoms with Crippen LogP contribution >= 0.6 is 0 Å². The van der Waals surface area contributed by atoms with E-state index in [1.165, 1.54) is 12.8 Å². The third-order valence-electron chi connectivity index (χ3n) is 3.92. The van der Waals surface area contributed by atoms with E-state index in [2.05, 4.69) is 24.1 Å². The van der Waals surface area contributed by atoms with E-state index in [4.69, 9.17) is 0 Å². The van der Waals surface area contributed by atoms with E-state index >= 15 is 0 Å². The van der Waals surface area contributed by atoms with Crippen LogP contribution in [0.1, 0.15) is 32.3 Å². The summed E-state index contributed by atoms with van der Waals surface area (Å²) in [7, 11) is 0. The Labute approximate surface area is 126 Å². The number of nitrogens with one attached hydrogen (secondary N) is 1. The monoisotopic (exact) mass is 291 g/mol. The molecule has 21 heavy (non-hydrogen) atoms. The number of hydrogen-bond donors (Lipinski definition) is 1. The van der Waals surface area contributed by atoms with Crippen molar-refractivity contribution in [2.24, 2.45) is 5.92 Å². The minimum atomic E-state index is -0.331. The van der Waals surface area contributed by atoms with Gasteiger partial charge in [0, 0.05) is 37.0 Å². The van der Waals surface area contributed by atoms with E-state index in [0.717, 1.165) is 30.9 Å². The van der Waals surface area contributed by atoms with Crippen molar-refractivity contribution in [3.63, 3.8) is 0 Å². The van der Waals surface area contributed by atoms with Crippen molar-refractivity contribution in [1.82, 2.24) is 5.32 Å². The second-order valence-electron chi connectivity index (χ2n) is 6.32. The van der Waals surface area contributed by atoms with Gasteiger partial charge in [-0.15, -0.1) is 0 Å². The molecule has 1 aliphatic heterocycles. The van der Waals surface area contributed by atoms with Gasteiger partial charge in [-0.2, -0.15) is 0 Å². The lowest BCUT2D eigenvalue weighted by molar-refractivity contribution is -0.384. The maximum Gasteiger partial charge on any atom is 0.269 e. The highest BCUT2D eigenvalue weighted by Gasteiger charge is 2.20. The predicted octanol–water partition coefficient (Wildman–Crippen LogP) is 3.12. The lowest BCUT2D eigenvalue weighted by Gasteiger charge is -2.30. The number of nitro groups is 1. The summed E-state index contributed by atoms with van der Waals surface area (Å²) in [5, 5.41) is 14.4. The molecule has 0 amide bonds. The van der Waals surface area contributed by atoms with Crippen LogP contribution in [0.5, 0.6) is 0 Å². The normalized spacial score (nSPS) is 18.2. The van der Waals surface area contributed by atoms with Crippen LogP contribution in [0.2, 0.25) is 0 Å². The highest BCUT2D eigenvalue weighted by Crippen LogP contribution is 2.26. The molecule has 1 aromatic rings. The first-order valence-corrected chi connectivity index (χ1v) is 7.70. The van der Waals surface area contributed by atoms with Crippen LogP contribution in [0.3, 0.4) is 0 Å². The molecule has 0 saturated carbocycles. The minimum Gasteiger partial charge on any atom is -0.369 e. The molecule has 5 heteroatoms. The van der Waals surface area contributed by atoms with Crippen LogP contribution in [0.15, 0.2) is 18.2 Å². The molecule has 1 fully saturated rings. The maximum absolute atomic E-state index is 10.9. The number of nitrogens with zero attached hydrogens (tertiary/aromatic N) is 2. The number of non-ortho nitro benzene ring substituents is 1. The lowest BCUT2D eigenvalue weighted by Crippen LogP contribution is -2.39. The van der Waals surface area contributed by atoms with Gasteiger partial charge in [-0.05, 0) is 43.9 Å². The molecular formula is C16H25N3O2. The Hall–Kier alpha value is -1.62. The van der Waals surface area contributed by atoms with Crippen molar-refractivity contribution >= 4 is 11.4 Å². The van der Waals surface area contributed by atoms with Gasteiger partial charge in [-0.3, -0.25) is 10.1 Å². The summed E-state index contributed by atoms with van der Waals surface area (Å²) in [5.74, 6) is 0.556. The molecule has 116 valence electrons. The molecule has 1 unspecified atom stereocenters. The lowest BCUT2D eigenvalue weighted by atomic mass is 10.1. The molecule has 0 bridgehead atoms. The Kier molecular flexibility index (Phi) is 5.17. The Morgan fingerprint density at radius 1 is 1.48 bits per heavy atom. The highest BCUT2D eigenvalue weighted by molar-refractivity contribution is 5.57. The Morgan fingerprint density at radius 2 is 2.24 bits per heavy atom. The van der Waals surface area contributed by atoms with Crippen molar-refractivity contribution in [2.45, 2.75) is 39.7 Å². The van der Waals surface area contributed by atoms with Gasteiger partial charge in [0.2, 0.25) is 0 Å². The average Bonchev–Trinajstić information content (AvgIpc) is 2.90. The fraction of sp³-hybridized carbons (Fsp3) is 0.625. The van der Waals surface area contributed by atoms with E-state index in [-0.39, 0.29) is 10.6 Å². The van der Waals surface area contributed by atoms with E-state index in [9.17, 15) is 10.1 Å². The average molecular weight is 291 g/mol. The number of anilines is 1. The van der Waals surface area contributed by atoms with Crippen molar-refractivity contribution in [3.05, 3.63) is 33.9 Å². The van der Waals surface area contributed by atoms with Crippen LogP contribution in [0.25, 0.3) is 0 Å². The van der Waals surface area contributed by atoms with E-state index in [0.29, 0.717) is 12.0 Å². The third-order valence-corrected chi connectivity index (χ3v) is 3.92. The second-order valence-corrected chi connectivity index (χ2v) is 6.32. The van der Waals surface area contributed by atoms with Gasteiger partial charge in [-0.1, -0.05) is 13.8 Å². The van der Waals surface area contributed by atoms with Gasteiger partial charge >= 0.3 is 0 Å². The molecule has 1 heterocycles. The van der Waals surface area contributed by atoms with Crippen molar-refractivity contribution in [3.8, 4) is 0 Å². The van der Waals surface area contributed by atoms with Crippen LogP contribution in [0, 0.1) is 23.0 Å². The number of nitro benzene ring substituents is 1. The Morgan fingerprint density at radius 3 is 2.76 bits per heavy atom. The van der Waals surface area contributed by atoms with Crippen LogP contribution in [0.4, 0.5) is 11.4 Å². The van der Waals surface area contributed by atoms with Crippen molar-refractivity contribution < 1.29 is 4.92 Å². The quantitative estimate of drug-likeness (QED) is 0.646. The van der Waals surface area contributed by atoms with Gasteiger partial charge in [0.1, 0.15) is 0 Å². The highest BCUT2D eigenvalue weighted by atomic mass is 16.6. The van der Waals surface area contributed by atoms with E-state index in [1.807, 2.05) is 13.0 Å². The molecule has 1 saturated heterocycles. The zero-order valence-corrected chi connectivity index (χ0v) is 13.1. The number of benzene rings is 1. The zero-order chi connectivity index (χ0) is 15.4. The number of aryl methyl sites for hydroxylation is 1. The first kappa shape index (κ1) is 15.8. The molecule has 1 atom stereocenters. The summed E-state index contributed by atoms with van der Waals surface area (Å²) in [5.41, 5.74) is 2.26. The largest absolute Gasteiger partial charge is 0.369 e. The summed E-state index contributed by atoms with van der Waals surface area (Å²) >= 11 is 0. The van der Waals surface area contributed by atoms with Gasteiger partial charge in [0.25, 0.3) is 5.69 Å². The minimum absolute atomic E-state index is 0.166. The zero-order valence-electron chi connectivity index (χ0n) is 13.1. The number of hydrogen-bond acceptors (Lipinski definition) is 4. The molecule has 0 spiro atoms. The second kappa shape index (κ2) is 6.89. The SMILES string of the molecule is Cc1cc([N+](=O)[O-])ccc1N(CC(C)C)CC1CCCN1. The molecular weight excluding hydrogens is 266 g/mol. The fourth-order valence-corrected chi connectivity index (χ4v) is 3.00. The van der Waals surface area contributed by atoms with Gasteiger partial charge < -0.3 is 10.2 Å². The maximum atomic E-state index is 10.9. The van der Waals surface area contributed by atoms with Gasteiger partial charge in [-0.25, -0.2) is 0 Å². The third kappa shape index (κ3) is 4.17. The summed E-state index contributed by atoms with van der Waals surface area (Å²) in [6.45, 7) is 9.40. The first-order valence-electron chi connectivity index (χ1n) is 7.70. The summed E-state index contributed by atoms with van der Waals surface area (Å²) in [6, 6.07) is 5.70. The molecule has 0 aromatic heterocycles. The predicted molar refractivity (Wildman–Crippen MR) is 85.9 cm³/mol. The van der Waals surface area contributed by atoms with Crippen molar-refractivity contribution in [2.75, 3.05) is 24.5 Å². The van der Waals surface area contributed by atoms with Gasteiger partial charge in [0.05, 0.1) is 4.92 Å². The molecule has 2 rings (SSSR count). The van der Waals surface area contributed by atoms with E-state index in [1.54, 1.807) is 12.1 Å². The summed E-state index contributed by atoms with van der Waals surface area (Å²) in [4.78, 5) is 12.9. The van der Waals surface area contributed by atoms with Gasteiger partial charge in [0.15, 0.2) is 0 Å². The standard InChI is InChI=1S/C16H25N3O2/c1-12(2)10-18(11-14-5-4-8-17-14)16-7-6-15(19(20)21)9-13(16)3/h6-7,9,12,14,17H,4-5,8,10-11H2,1-3H3. The van der Waals surface area contributed by atoms with Crippen LogP contribution in [-0.4, -0.2) is 30.6 Å². The van der Waals surface area contributed by atoms with Crippen molar-refractivity contribution in [1.29, 1.82) is 0 Å². The molecule has 0 aliphatic carbocycles. The molecule has 0 radical (unpaired) electrons. The topological polar surface area (TPSA) is 58.4 Å². The molecule has 1 N–H and O–H groups in total. The number of rotatable bonds is 6. The molecule has 5 nitrogen and oxygen atoms in total. The first-order chi connectivity index (χ1) is 9.97. The van der Waals surface area contributed by atoms with Crippen LogP contribution in [-0.2, 0) is 0 Å². The molecule has 1 aromatic carbocycles. The molecule has 1 aliphatic rings. The summed E-state index contributed by atoms with van der Waals surface area (Å²) in [6.07, 6.45) is 2.44. The Bertz CT molecular complexity index is 496. The van der Waals surface area contributed by atoms with E-state index < -0.39 is 0 Å². The van der Waals surface area contributed by atoms with Crippen LogP contribution < -0.4 is 10.2 Å². The Balaban J connectivity index is 2.20. The summed E-state index contributed by atoms with van der Waals surface area (Å²) < 4.78 is 0. The smallest absolute Gasteiger partial charge is 0.269 e. The fourth-order valence-electron chi connectivity index (χ4n) is 3.00.